The molecule has 1 aliphatic carbocycles. The van der Waals surface area contributed by atoms with Crippen LogP contribution >= 0.6 is 0 Å². The lowest BCUT2D eigenvalue weighted by Crippen LogP contribution is -2.66. The Balaban J connectivity index is 0.000000271. The highest BCUT2D eigenvalue weighted by Crippen LogP contribution is 2.44. The Kier molecular flexibility index (Phi) is 10.3. The number of anilines is 1. The van der Waals surface area contributed by atoms with Crippen LogP contribution in [-0.4, -0.2) is 82.3 Å². The maximum absolute atomic E-state index is 10.6. The van der Waals surface area contributed by atoms with Crippen molar-refractivity contribution in [3.05, 3.63) is 24.4 Å². The van der Waals surface area contributed by atoms with Crippen molar-refractivity contribution in [2.75, 3.05) is 31.6 Å². The van der Waals surface area contributed by atoms with Crippen LogP contribution in [0.3, 0.4) is 0 Å². The molecule has 2 saturated heterocycles. The minimum atomic E-state index is -5.08. The molecule has 3 aliphatic rings. The number of carboxylic acids is 2. The second kappa shape index (κ2) is 12.6. The molecular weight excluding hydrogens is 500 g/mol. The standard InChI is InChI=1S/C18H27N3O.2C2HF3O2/c1-2-6-16(5-1)21-13-18(14-21)15(9-12-22-18)8-11-20-17-7-3-4-10-19-17;2*3-2(4,5)1(6)7/h3-4,7,10,15-16H,1-2,5-6,8-9,11-14H2,(H,19,20);2*(H,6,7). The van der Waals surface area contributed by atoms with Crippen LogP contribution in [0, 0.1) is 5.92 Å². The SMILES string of the molecule is O=C(O)C(F)(F)F.O=C(O)C(F)(F)F.c1ccc(NCCC2CCOC23CN(C2CCCC2)C3)nc1. The van der Waals surface area contributed by atoms with E-state index >= 15 is 0 Å². The van der Waals surface area contributed by atoms with E-state index in [1.54, 1.807) is 0 Å². The van der Waals surface area contributed by atoms with Crippen molar-refractivity contribution in [1.82, 2.24) is 9.88 Å². The molecule has 0 bridgehead atoms. The number of nitrogens with zero attached hydrogens (tertiary/aromatic N) is 2. The maximum atomic E-state index is 10.6. The van der Waals surface area contributed by atoms with Crippen LogP contribution in [0.5, 0.6) is 0 Å². The monoisotopic (exact) mass is 529 g/mol. The first-order valence-corrected chi connectivity index (χ1v) is 11.4. The van der Waals surface area contributed by atoms with Crippen LogP contribution in [-0.2, 0) is 14.3 Å². The van der Waals surface area contributed by atoms with Crippen molar-refractivity contribution in [3.8, 4) is 0 Å². The summed E-state index contributed by atoms with van der Waals surface area (Å²) in [5.74, 6) is -3.82. The van der Waals surface area contributed by atoms with Gasteiger partial charge >= 0.3 is 24.3 Å². The van der Waals surface area contributed by atoms with Crippen molar-refractivity contribution in [1.29, 1.82) is 0 Å². The fourth-order valence-electron chi connectivity index (χ4n) is 4.55. The topological polar surface area (TPSA) is 112 Å². The Bertz CT molecular complexity index is 817. The molecule has 1 spiro atoms. The van der Waals surface area contributed by atoms with Gasteiger partial charge in [-0.25, -0.2) is 14.6 Å². The lowest BCUT2D eigenvalue weighted by atomic mass is 9.78. The van der Waals surface area contributed by atoms with E-state index in [-0.39, 0.29) is 5.60 Å². The van der Waals surface area contributed by atoms with Gasteiger partial charge in [0, 0.05) is 38.5 Å². The Morgan fingerprint density at radius 2 is 1.58 bits per heavy atom. The summed E-state index contributed by atoms with van der Waals surface area (Å²) in [7, 11) is 0. The quantitative estimate of drug-likeness (QED) is 0.487. The van der Waals surface area contributed by atoms with Gasteiger partial charge in [0.15, 0.2) is 0 Å². The van der Waals surface area contributed by atoms with Crippen molar-refractivity contribution < 1.29 is 50.9 Å². The molecule has 3 fully saturated rings. The van der Waals surface area contributed by atoms with E-state index < -0.39 is 24.3 Å². The Morgan fingerprint density at radius 3 is 2.06 bits per heavy atom. The normalized spacial score (nSPS) is 21.6. The number of pyridine rings is 1. The second-order valence-electron chi connectivity index (χ2n) is 8.78. The van der Waals surface area contributed by atoms with Gasteiger partial charge in [0.05, 0.1) is 5.60 Å². The number of halogens is 6. The molecule has 3 N–H and O–H groups in total. The minimum absolute atomic E-state index is 0.175. The number of likely N-dealkylation sites (tertiary alicyclic amines) is 1. The number of rotatable bonds is 5. The van der Waals surface area contributed by atoms with Gasteiger partial charge < -0.3 is 20.3 Å². The van der Waals surface area contributed by atoms with Gasteiger partial charge in [-0.3, -0.25) is 4.90 Å². The third-order valence-electron chi connectivity index (χ3n) is 6.33. The summed E-state index contributed by atoms with van der Waals surface area (Å²) in [6.45, 7) is 4.29. The van der Waals surface area contributed by atoms with Gasteiger partial charge in [-0.15, -0.1) is 0 Å². The minimum Gasteiger partial charge on any atom is -0.475 e. The van der Waals surface area contributed by atoms with Gasteiger partial charge in [0.2, 0.25) is 0 Å². The highest BCUT2D eigenvalue weighted by molar-refractivity contribution is 5.73. The number of carbonyl (C=O) groups is 2. The van der Waals surface area contributed by atoms with E-state index in [1.165, 1.54) is 51.6 Å². The van der Waals surface area contributed by atoms with Crippen LogP contribution in [0.2, 0.25) is 0 Å². The molecule has 2 aliphatic heterocycles. The van der Waals surface area contributed by atoms with Gasteiger partial charge in [-0.2, -0.15) is 26.3 Å². The molecule has 0 amide bonds. The van der Waals surface area contributed by atoms with Gasteiger partial charge in [-0.05, 0) is 43.7 Å². The zero-order valence-electron chi connectivity index (χ0n) is 19.3. The summed E-state index contributed by atoms with van der Waals surface area (Å²) in [6.07, 6.45) is -0.256. The van der Waals surface area contributed by atoms with Crippen LogP contribution < -0.4 is 5.32 Å². The number of carboxylic acid groups (broad SMARTS) is 2. The third-order valence-corrected chi connectivity index (χ3v) is 6.33. The lowest BCUT2D eigenvalue weighted by molar-refractivity contribution is -0.193. The van der Waals surface area contributed by atoms with Gasteiger partial charge in [-0.1, -0.05) is 18.9 Å². The fraction of sp³-hybridized carbons (Fsp3) is 0.682. The molecule has 1 atom stereocenters. The van der Waals surface area contributed by atoms with E-state index in [4.69, 9.17) is 24.5 Å². The molecular formula is C22H29F6N3O5. The van der Waals surface area contributed by atoms with E-state index in [0.717, 1.165) is 25.0 Å². The first kappa shape index (κ1) is 29.6. The van der Waals surface area contributed by atoms with Crippen molar-refractivity contribution in [2.45, 2.75) is 62.5 Å². The van der Waals surface area contributed by atoms with E-state index in [1.807, 2.05) is 24.4 Å². The zero-order valence-corrected chi connectivity index (χ0v) is 19.3. The van der Waals surface area contributed by atoms with E-state index in [0.29, 0.717) is 5.92 Å². The Hall–Kier alpha value is -2.61. The number of aromatic nitrogens is 1. The van der Waals surface area contributed by atoms with Crippen LogP contribution in [0.1, 0.15) is 38.5 Å². The first-order chi connectivity index (χ1) is 16.7. The molecule has 0 radical (unpaired) electrons. The maximum Gasteiger partial charge on any atom is 0.490 e. The molecule has 4 rings (SSSR count). The predicted octanol–water partition coefficient (Wildman–Crippen LogP) is 4.18. The largest absolute Gasteiger partial charge is 0.490 e. The Morgan fingerprint density at radius 1 is 1.03 bits per heavy atom. The summed E-state index contributed by atoms with van der Waals surface area (Å²) in [5, 5.41) is 17.7. The highest BCUT2D eigenvalue weighted by Gasteiger charge is 2.54. The van der Waals surface area contributed by atoms with Crippen molar-refractivity contribution >= 4 is 17.8 Å². The van der Waals surface area contributed by atoms with Crippen LogP contribution in [0.15, 0.2) is 24.4 Å². The number of alkyl halides is 6. The highest BCUT2D eigenvalue weighted by atomic mass is 19.4. The van der Waals surface area contributed by atoms with E-state index in [9.17, 15) is 26.3 Å². The summed E-state index contributed by atoms with van der Waals surface area (Å²) in [6, 6.07) is 6.87. The molecule has 1 aromatic rings. The number of nitrogens with one attached hydrogen (secondary N) is 1. The Labute approximate surface area is 203 Å². The second-order valence-corrected chi connectivity index (χ2v) is 8.78. The average Bonchev–Trinajstić information content (AvgIpc) is 3.43. The van der Waals surface area contributed by atoms with Gasteiger partial charge in [0.25, 0.3) is 0 Å². The van der Waals surface area contributed by atoms with E-state index in [2.05, 4.69) is 15.2 Å². The fourth-order valence-corrected chi connectivity index (χ4v) is 4.55. The lowest BCUT2D eigenvalue weighted by Gasteiger charge is -2.53. The molecule has 1 unspecified atom stereocenters. The first-order valence-electron chi connectivity index (χ1n) is 11.4. The van der Waals surface area contributed by atoms with Crippen molar-refractivity contribution in [2.24, 2.45) is 5.92 Å². The van der Waals surface area contributed by atoms with Crippen LogP contribution in [0.4, 0.5) is 32.2 Å². The summed E-state index contributed by atoms with van der Waals surface area (Å²) in [4.78, 5) is 24.8. The molecule has 1 aromatic heterocycles. The number of hydrogen-bond donors (Lipinski definition) is 3. The zero-order chi connectivity index (χ0) is 27.0. The smallest absolute Gasteiger partial charge is 0.475 e. The molecule has 1 saturated carbocycles. The summed E-state index contributed by atoms with van der Waals surface area (Å²) < 4.78 is 69.7. The molecule has 8 nitrogen and oxygen atoms in total. The number of aliphatic carboxylic acids is 2. The van der Waals surface area contributed by atoms with Crippen LogP contribution in [0.25, 0.3) is 0 Å². The number of hydrogen-bond acceptors (Lipinski definition) is 6. The summed E-state index contributed by atoms with van der Waals surface area (Å²) >= 11 is 0. The summed E-state index contributed by atoms with van der Waals surface area (Å²) in [5.41, 5.74) is 0.175. The number of ether oxygens (including phenoxy) is 1. The molecule has 204 valence electrons. The predicted molar refractivity (Wildman–Crippen MR) is 115 cm³/mol. The molecule has 36 heavy (non-hydrogen) atoms. The molecule has 14 heteroatoms. The third kappa shape index (κ3) is 8.80. The molecule has 3 heterocycles. The van der Waals surface area contributed by atoms with Gasteiger partial charge in [0.1, 0.15) is 5.82 Å². The molecule has 0 aromatic carbocycles. The van der Waals surface area contributed by atoms with Crippen molar-refractivity contribution in [3.63, 3.8) is 0 Å². The average molecular weight is 529 g/mol.